The van der Waals surface area contributed by atoms with Gasteiger partial charge in [-0.25, -0.2) is 0 Å². The normalized spacial score (nSPS) is 34.1. The monoisotopic (exact) mass is 130 g/mol. The highest BCUT2D eigenvalue weighted by molar-refractivity contribution is 8.03. The van der Waals surface area contributed by atoms with Gasteiger partial charge in [-0.05, 0) is 18.1 Å². The Hall–Kier alpha value is -0.110. The highest BCUT2D eigenvalue weighted by Gasteiger charge is 2.15. The molecule has 0 spiro atoms. The summed E-state index contributed by atoms with van der Waals surface area (Å²) in [6.45, 7) is 2.14. The lowest BCUT2D eigenvalue weighted by Gasteiger charge is -1.97. The van der Waals surface area contributed by atoms with Crippen LogP contribution in [0.3, 0.4) is 0 Å². The maximum atomic E-state index is 8.55. The molecule has 0 bridgehead atoms. The summed E-state index contributed by atoms with van der Waals surface area (Å²) in [5.74, 6) is 1.78. The Kier molecular flexibility index (Phi) is 1.84. The Labute approximate surface area is 53.8 Å². The van der Waals surface area contributed by atoms with Gasteiger partial charge in [0.25, 0.3) is 0 Å². The third-order valence-electron chi connectivity index (χ3n) is 1.43. The second-order valence-corrected chi connectivity index (χ2v) is 3.24. The van der Waals surface area contributed by atoms with Crippen LogP contribution in [-0.4, -0.2) is 10.9 Å². The van der Waals surface area contributed by atoms with Crippen molar-refractivity contribution >= 4 is 11.8 Å². The molecule has 46 valence electrons. The Morgan fingerprint density at radius 3 is 2.88 bits per heavy atom. The fourth-order valence-corrected chi connectivity index (χ4v) is 1.99. The maximum absolute atomic E-state index is 8.55. The minimum atomic E-state index is 0.602. The van der Waals surface area contributed by atoms with Crippen LogP contribution < -0.4 is 0 Å². The van der Waals surface area contributed by atoms with E-state index in [4.69, 9.17) is 5.11 Å². The largest absolute Gasteiger partial charge is 0.515 e. The van der Waals surface area contributed by atoms with E-state index in [0.29, 0.717) is 5.92 Å². The number of thioether (sulfide) groups is 1. The van der Waals surface area contributed by atoms with Crippen molar-refractivity contribution in [3.8, 4) is 0 Å². The van der Waals surface area contributed by atoms with Crippen molar-refractivity contribution in [2.75, 3.05) is 5.75 Å². The SMILES string of the molecule is CC1CCS/C1=C/O. The third-order valence-corrected chi connectivity index (χ3v) is 2.71. The van der Waals surface area contributed by atoms with Gasteiger partial charge in [-0.3, -0.25) is 0 Å². The molecule has 0 aromatic rings. The molecule has 8 heavy (non-hydrogen) atoms. The first-order valence-corrected chi connectivity index (χ1v) is 3.80. The van der Waals surface area contributed by atoms with Gasteiger partial charge in [0, 0.05) is 4.91 Å². The molecule has 1 fully saturated rings. The molecule has 1 unspecified atom stereocenters. The highest BCUT2D eigenvalue weighted by Crippen LogP contribution is 2.34. The van der Waals surface area contributed by atoms with Crippen LogP contribution in [0.4, 0.5) is 0 Å². The van der Waals surface area contributed by atoms with Gasteiger partial charge in [-0.1, -0.05) is 6.92 Å². The van der Waals surface area contributed by atoms with E-state index in [1.54, 1.807) is 11.8 Å². The molecule has 1 atom stereocenters. The lowest BCUT2D eigenvalue weighted by molar-refractivity contribution is 0.463. The zero-order valence-corrected chi connectivity index (χ0v) is 5.74. The Bertz CT molecular complexity index is 109. The average molecular weight is 130 g/mol. The first-order chi connectivity index (χ1) is 3.84. The van der Waals surface area contributed by atoms with E-state index in [1.807, 2.05) is 0 Å². The number of rotatable bonds is 0. The van der Waals surface area contributed by atoms with Crippen molar-refractivity contribution in [2.24, 2.45) is 5.92 Å². The topological polar surface area (TPSA) is 20.2 Å². The first kappa shape index (κ1) is 6.02. The predicted molar refractivity (Wildman–Crippen MR) is 37.0 cm³/mol. The summed E-state index contributed by atoms with van der Waals surface area (Å²) in [7, 11) is 0. The Morgan fingerprint density at radius 1 is 1.88 bits per heavy atom. The quantitative estimate of drug-likeness (QED) is 0.507. The van der Waals surface area contributed by atoms with Gasteiger partial charge in [0.1, 0.15) is 0 Å². The van der Waals surface area contributed by atoms with Crippen LogP contribution in [0.5, 0.6) is 0 Å². The molecule has 1 saturated heterocycles. The molecule has 0 radical (unpaired) electrons. The lowest BCUT2D eigenvalue weighted by Crippen LogP contribution is -1.85. The van der Waals surface area contributed by atoms with Gasteiger partial charge in [0.05, 0.1) is 6.26 Å². The molecule has 1 rings (SSSR count). The summed E-state index contributed by atoms with van der Waals surface area (Å²) in [5, 5.41) is 8.55. The standard InChI is InChI=1S/C6H10OS/c1-5-2-3-8-6(5)4-7/h4-5,7H,2-3H2,1H3/b6-4+. The second kappa shape index (κ2) is 2.44. The summed E-state index contributed by atoms with van der Waals surface area (Å²) in [6, 6.07) is 0. The predicted octanol–water partition coefficient (Wildman–Crippen LogP) is 2.16. The van der Waals surface area contributed by atoms with E-state index in [-0.39, 0.29) is 0 Å². The summed E-state index contributed by atoms with van der Waals surface area (Å²) >= 11 is 1.76. The first-order valence-electron chi connectivity index (χ1n) is 2.81. The summed E-state index contributed by atoms with van der Waals surface area (Å²) in [6.07, 6.45) is 2.46. The third kappa shape index (κ3) is 0.996. The molecule has 0 amide bonds. The molecule has 2 heteroatoms. The van der Waals surface area contributed by atoms with Crippen LogP contribution in [0.25, 0.3) is 0 Å². The highest BCUT2D eigenvalue weighted by atomic mass is 32.2. The van der Waals surface area contributed by atoms with Crippen molar-refractivity contribution in [3.05, 3.63) is 11.2 Å². The van der Waals surface area contributed by atoms with Crippen molar-refractivity contribution in [3.63, 3.8) is 0 Å². The van der Waals surface area contributed by atoms with Crippen LogP contribution in [0.15, 0.2) is 11.2 Å². The molecule has 0 saturated carbocycles. The molecular weight excluding hydrogens is 120 g/mol. The van der Waals surface area contributed by atoms with Gasteiger partial charge in [-0.2, -0.15) is 0 Å². The fraction of sp³-hybridized carbons (Fsp3) is 0.667. The molecule has 1 aliphatic heterocycles. The van der Waals surface area contributed by atoms with E-state index < -0.39 is 0 Å². The average Bonchev–Trinajstić information content (AvgIpc) is 2.14. The van der Waals surface area contributed by atoms with E-state index in [9.17, 15) is 0 Å². The fourth-order valence-electron chi connectivity index (χ4n) is 0.803. The Morgan fingerprint density at radius 2 is 2.62 bits per heavy atom. The van der Waals surface area contributed by atoms with Gasteiger partial charge in [0.15, 0.2) is 0 Å². The smallest absolute Gasteiger partial charge is 0.0889 e. The Balaban J connectivity index is 2.55. The molecule has 0 aromatic carbocycles. The van der Waals surface area contributed by atoms with Crippen LogP contribution in [0.2, 0.25) is 0 Å². The van der Waals surface area contributed by atoms with Gasteiger partial charge in [0.2, 0.25) is 0 Å². The van der Waals surface area contributed by atoms with Crippen molar-refractivity contribution in [2.45, 2.75) is 13.3 Å². The molecule has 1 heterocycles. The zero-order valence-electron chi connectivity index (χ0n) is 4.92. The van der Waals surface area contributed by atoms with Crippen LogP contribution >= 0.6 is 11.8 Å². The van der Waals surface area contributed by atoms with E-state index in [2.05, 4.69) is 6.92 Å². The summed E-state index contributed by atoms with van der Waals surface area (Å²) in [5.41, 5.74) is 0. The number of allylic oxidation sites excluding steroid dienone is 1. The number of aliphatic hydroxyl groups is 1. The van der Waals surface area contributed by atoms with Crippen LogP contribution in [0, 0.1) is 5.92 Å². The van der Waals surface area contributed by atoms with Crippen molar-refractivity contribution in [1.29, 1.82) is 0 Å². The van der Waals surface area contributed by atoms with Crippen molar-refractivity contribution in [1.82, 2.24) is 0 Å². The maximum Gasteiger partial charge on any atom is 0.0889 e. The molecule has 0 aromatic heterocycles. The molecule has 1 N–H and O–H groups in total. The number of hydrogen-bond acceptors (Lipinski definition) is 2. The summed E-state index contributed by atoms with van der Waals surface area (Å²) < 4.78 is 0. The van der Waals surface area contributed by atoms with Crippen LogP contribution in [-0.2, 0) is 0 Å². The van der Waals surface area contributed by atoms with Gasteiger partial charge >= 0.3 is 0 Å². The number of hydrogen-bond donors (Lipinski definition) is 1. The molecule has 0 aliphatic carbocycles. The molecule has 1 aliphatic rings. The van der Waals surface area contributed by atoms with E-state index >= 15 is 0 Å². The minimum absolute atomic E-state index is 0.602. The van der Waals surface area contributed by atoms with Crippen LogP contribution in [0.1, 0.15) is 13.3 Å². The summed E-state index contributed by atoms with van der Waals surface area (Å²) in [4.78, 5) is 1.14. The van der Waals surface area contributed by atoms with E-state index in [0.717, 1.165) is 4.91 Å². The second-order valence-electron chi connectivity index (χ2n) is 2.07. The van der Waals surface area contributed by atoms with Gasteiger partial charge < -0.3 is 5.11 Å². The van der Waals surface area contributed by atoms with Crippen molar-refractivity contribution < 1.29 is 5.11 Å². The van der Waals surface area contributed by atoms with E-state index in [1.165, 1.54) is 18.4 Å². The molecular formula is C6H10OS. The lowest BCUT2D eigenvalue weighted by atomic mass is 10.1. The molecule has 1 nitrogen and oxygen atoms in total. The zero-order chi connectivity index (χ0) is 5.98. The van der Waals surface area contributed by atoms with Gasteiger partial charge in [-0.15, -0.1) is 11.8 Å². The number of aliphatic hydroxyl groups excluding tert-OH is 1. The minimum Gasteiger partial charge on any atom is -0.515 e.